The maximum atomic E-state index is 13.0. The molecule has 8 heteroatoms. The van der Waals surface area contributed by atoms with E-state index in [4.69, 9.17) is 4.42 Å². The second-order valence-corrected chi connectivity index (χ2v) is 9.51. The number of fused-ring (bicyclic) bond motifs is 1. The van der Waals surface area contributed by atoms with Crippen LogP contribution in [-0.2, 0) is 23.9 Å². The fraction of sp³-hybridized carbons (Fsp3) is 0.357. The van der Waals surface area contributed by atoms with Crippen molar-refractivity contribution in [2.45, 2.75) is 51.2 Å². The molecule has 0 bridgehead atoms. The normalized spacial score (nSPS) is 16.5. The fourth-order valence-electron chi connectivity index (χ4n) is 5.04. The Morgan fingerprint density at radius 2 is 1.72 bits per heavy atom. The molecule has 3 aromatic rings. The molecule has 1 aliphatic heterocycles. The molecule has 0 saturated heterocycles. The summed E-state index contributed by atoms with van der Waals surface area (Å²) >= 11 is 0. The van der Waals surface area contributed by atoms with E-state index < -0.39 is 17.6 Å². The highest BCUT2D eigenvalue weighted by Gasteiger charge is 2.31. The lowest BCUT2D eigenvalue weighted by Gasteiger charge is -2.31. The van der Waals surface area contributed by atoms with E-state index in [0.29, 0.717) is 31.0 Å². The first-order chi connectivity index (χ1) is 17.3. The summed E-state index contributed by atoms with van der Waals surface area (Å²) in [6.45, 7) is 1.19. The van der Waals surface area contributed by atoms with Crippen molar-refractivity contribution in [3.63, 3.8) is 0 Å². The Morgan fingerprint density at radius 3 is 2.44 bits per heavy atom. The molecule has 0 radical (unpaired) electrons. The van der Waals surface area contributed by atoms with Gasteiger partial charge in [-0.3, -0.25) is 9.59 Å². The van der Waals surface area contributed by atoms with Crippen LogP contribution >= 0.6 is 0 Å². The molecule has 0 unspecified atom stereocenters. The number of furan rings is 1. The van der Waals surface area contributed by atoms with Crippen LogP contribution in [0.2, 0.25) is 0 Å². The van der Waals surface area contributed by atoms with Crippen LogP contribution in [0.4, 0.5) is 18.9 Å². The summed E-state index contributed by atoms with van der Waals surface area (Å²) < 4.78 is 44.4. The van der Waals surface area contributed by atoms with Crippen molar-refractivity contribution in [3.8, 4) is 11.3 Å². The average Bonchev–Trinajstić information content (AvgIpc) is 3.32. The number of nitrogens with zero attached hydrogens (tertiary/aromatic N) is 1. The van der Waals surface area contributed by atoms with Crippen molar-refractivity contribution in [1.82, 2.24) is 4.90 Å². The number of amides is 2. The molecule has 2 aliphatic rings. The zero-order valence-electron chi connectivity index (χ0n) is 19.7. The summed E-state index contributed by atoms with van der Waals surface area (Å²) in [6.07, 6.45) is 1.62. The summed E-state index contributed by atoms with van der Waals surface area (Å²) in [5, 5.41) is 2.73. The maximum absolute atomic E-state index is 13.0. The number of hydrogen-bond acceptors (Lipinski definition) is 3. The molecule has 1 aliphatic carbocycles. The van der Waals surface area contributed by atoms with Gasteiger partial charge in [0.15, 0.2) is 0 Å². The van der Waals surface area contributed by atoms with Crippen LogP contribution in [0.25, 0.3) is 11.3 Å². The molecule has 5 rings (SSSR count). The summed E-state index contributed by atoms with van der Waals surface area (Å²) in [4.78, 5) is 27.5. The van der Waals surface area contributed by atoms with Crippen LogP contribution < -0.4 is 5.32 Å². The molecule has 2 amide bonds. The van der Waals surface area contributed by atoms with Gasteiger partial charge in [0.25, 0.3) is 5.91 Å². The van der Waals surface area contributed by atoms with Gasteiger partial charge in [0.2, 0.25) is 5.91 Å². The molecule has 2 heterocycles. The quantitative estimate of drug-likeness (QED) is 0.438. The van der Waals surface area contributed by atoms with E-state index in [1.54, 1.807) is 18.2 Å². The SMILES string of the molecule is O=C(Nc1cccc(-c2cc3c(o2)CCN(C(=O)C2CCCCC2)C3)c1)c1ccc(C(F)(F)F)cc1. The molecule has 2 aromatic carbocycles. The van der Waals surface area contributed by atoms with Crippen molar-refractivity contribution >= 4 is 17.5 Å². The lowest BCUT2D eigenvalue weighted by Crippen LogP contribution is -2.40. The van der Waals surface area contributed by atoms with Gasteiger partial charge in [-0.15, -0.1) is 0 Å². The maximum Gasteiger partial charge on any atom is 0.416 e. The van der Waals surface area contributed by atoms with Gasteiger partial charge < -0.3 is 14.6 Å². The molecule has 36 heavy (non-hydrogen) atoms. The summed E-state index contributed by atoms with van der Waals surface area (Å²) in [7, 11) is 0. The highest BCUT2D eigenvalue weighted by molar-refractivity contribution is 6.04. The summed E-state index contributed by atoms with van der Waals surface area (Å²) in [5.74, 6) is 1.40. The molecule has 188 valence electrons. The number of hydrogen-bond donors (Lipinski definition) is 1. The molecule has 1 saturated carbocycles. The van der Waals surface area contributed by atoms with E-state index in [2.05, 4.69) is 5.32 Å². The third-order valence-electron chi connectivity index (χ3n) is 7.01. The third kappa shape index (κ3) is 5.17. The van der Waals surface area contributed by atoms with Crippen LogP contribution in [-0.4, -0.2) is 23.3 Å². The molecule has 1 aromatic heterocycles. The Balaban J connectivity index is 1.27. The molecular weight excluding hydrogens is 469 g/mol. The Bertz CT molecular complexity index is 1260. The van der Waals surface area contributed by atoms with E-state index in [9.17, 15) is 22.8 Å². The van der Waals surface area contributed by atoms with E-state index in [0.717, 1.165) is 66.8 Å². The van der Waals surface area contributed by atoms with Gasteiger partial charge in [-0.1, -0.05) is 31.4 Å². The van der Waals surface area contributed by atoms with Crippen molar-refractivity contribution in [3.05, 3.63) is 77.0 Å². The number of anilines is 1. The van der Waals surface area contributed by atoms with Gasteiger partial charge in [-0.05, 0) is 55.3 Å². The minimum atomic E-state index is -4.45. The Labute approximate surface area is 207 Å². The molecule has 1 N–H and O–H groups in total. The molecule has 0 atom stereocenters. The minimum absolute atomic E-state index is 0.129. The highest BCUT2D eigenvalue weighted by atomic mass is 19.4. The lowest BCUT2D eigenvalue weighted by atomic mass is 9.88. The van der Waals surface area contributed by atoms with Crippen molar-refractivity contribution in [2.75, 3.05) is 11.9 Å². The summed E-state index contributed by atoms with van der Waals surface area (Å²) in [5.41, 5.74) is 1.59. The number of alkyl halides is 3. The second kappa shape index (κ2) is 9.84. The number of carbonyl (C=O) groups excluding carboxylic acids is 2. The van der Waals surface area contributed by atoms with Crippen LogP contribution in [0.5, 0.6) is 0 Å². The Morgan fingerprint density at radius 1 is 0.972 bits per heavy atom. The molecule has 0 spiro atoms. The Hall–Kier alpha value is -3.55. The predicted molar refractivity (Wildman–Crippen MR) is 129 cm³/mol. The van der Waals surface area contributed by atoms with Crippen molar-refractivity contribution < 1.29 is 27.2 Å². The van der Waals surface area contributed by atoms with E-state index in [-0.39, 0.29) is 17.4 Å². The number of carbonyl (C=O) groups is 2. The zero-order chi connectivity index (χ0) is 25.3. The number of rotatable bonds is 4. The number of nitrogens with one attached hydrogen (secondary N) is 1. The van der Waals surface area contributed by atoms with Crippen molar-refractivity contribution in [1.29, 1.82) is 0 Å². The topological polar surface area (TPSA) is 62.6 Å². The van der Waals surface area contributed by atoms with E-state index >= 15 is 0 Å². The van der Waals surface area contributed by atoms with Crippen molar-refractivity contribution in [2.24, 2.45) is 5.92 Å². The average molecular weight is 497 g/mol. The van der Waals surface area contributed by atoms with E-state index in [1.807, 2.05) is 17.0 Å². The first-order valence-corrected chi connectivity index (χ1v) is 12.3. The second-order valence-electron chi connectivity index (χ2n) is 9.51. The third-order valence-corrected chi connectivity index (χ3v) is 7.01. The van der Waals surface area contributed by atoms with Gasteiger partial charge in [0, 0.05) is 47.8 Å². The largest absolute Gasteiger partial charge is 0.461 e. The predicted octanol–water partition coefficient (Wildman–Crippen LogP) is 6.68. The van der Waals surface area contributed by atoms with Crippen LogP contribution in [0.1, 0.15) is 59.3 Å². The van der Waals surface area contributed by atoms with Gasteiger partial charge in [-0.2, -0.15) is 13.2 Å². The first kappa shape index (κ1) is 24.2. The molecule has 5 nitrogen and oxygen atoms in total. The molecule has 1 fully saturated rings. The smallest absolute Gasteiger partial charge is 0.416 e. The standard InChI is InChI=1S/C28H27F3N2O3/c29-28(30,31)22-11-9-18(10-12-22)26(34)32-23-8-4-7-20(15-23)25-16-21-17-33(14-13-24(21)36-25)27(35)19-5-2-1-3-6-19/h4,7-12,15-16,19H,1-3,5-6,13-14,17H2,(H,32,34). The highest BCUT2D eigenvalue weighted by Crippen LogP contribution is 2.33. The van der Waals surface area contributed by atoms with Gasteiger partial charge in [-0.25, -0.2) is 0 Å². The van der Waals surface area contributed by atoms with Crippen LogP contribution in [0.15, 0.2) is 59.0 Å². The lowest BCUT2D eigenvalue weighted by molar-refractivity contribution is -0.138. The number of halogens is 3. The van der Waals surface area contributed by atoms with Gasteiger partial charge >= 0.3 is 6.18 Å². The minimum Gasteiger partial charge on any atom is -0.461 e. The monoisotopic (exact) mass is 496 g/mol. The number of benzene rings is 2. The van der Waals surface area contributed by atoms with Gasteiger partial charge in [0.1, 0.15) is 11.5 Å². The van der Waals surface area contributed by atoms with Crippen LogP contribution in [0, 0.1) is 5.92 Å². The zero-order valence-corrected chi connectivity index (χ0v) is 19.7. The van der Waals surface area contributed by atoms with Crippen LogP contribution in [0.3, 0.4) is 0 Å². The summed E-state index contributed by atoms with van der Waals surface area (Å²) in [6, 6.07) is 13.2. The first-order valence-electron chi connectivity index (χ1n) is 12.3. The fourth-order valence-corrected chi connectivity index (χ4v) is 5.04. The van der Waals surface area contributed by atoms with Gasteiger partial charge in [0.05, 0.1) is 5.56 Å². The molecular formula is C28H27F3N2O3. The van der Waals surface area contributed by atoms with E-state index in [1.165, 1.54) is 6.42 Å². The Kier molecular flexibility index (Phi) is 6.60.